The summed E-state index contributed by atoms with van der Waals surface area (Å²) in [5.41, 5.74) is 1.62. The van der Waals surface area contributed by atoms with Gasteiger partial charge in [0.1, 0.15) is 18.0 Å². The van der Waals surface area contributed by atoms with Crippen molar-refractivity contribution in [1.29, 1.82) is 0 Å². The summed E-state index contributed by atoms with van der Waals surface area (Å²) < 4.78 is 16.8. The Morgan fingerprint density at radius 3 is 2.24 bits per heavy atom. The van der Waals surface area contributed by atoms with Crippen LogP contribution in [0.1, 0.15) is 36.7 Å². The number of likely N-dealkylation sites (N-methyl/N-ethyl adjacent to an activating group) is 1. The normalized spacial score (nSPS) is 11.9. The molecule has 7 heteroatoms. The standard InChI is InChI=1S/C31H38N2O5/c1-31(2,3)38-30(35)33(19-18-32(4)5)21-24(20-23-14-16-26(17-15-23)29(34)36-6)22-37-28-13-9-11-25-10-7-8-12-27(25)28/h7-17,20H,18-19,21-22H2,1-6H3/b24-20-. The lowest BCUT2D eigenvalue weighted by Gasteiger charge is -2.29. The summed E-state index contributed by atoms with van der Waals surface area (Å²) in [6, 6.07) is 21.2. The van der Waals surface area contributed by atoms with Crippen LogP contribution in [0.4, 0.5) is 4.79 Å². The Bertz CT molecular complexity index is 1250. The lowest BCUT2D eigenvalue weighted by Crippen LogP contribution is -2.41. The highest BCUT2D eigenvalue weighted by Gasteiger charge is 2.23. The Kier molecular flexibility index (Phi) is 9.91. The zero-order chi connectivity index (χ0) is 27.7. The van der Waals surface area contributed by atoms with E-state index in [1.807, 2.05) is 100 Å². The lowest BCUT2D eigenvalue weighted by atomic mass is 10.1. The molecule has 0 radical (unpaired) electrons. The fraction of sp³-hybridized carbons (Fsp3) is 0.355. The number of hydrogen-bond acceptors (Lipinski definition) is 6. The SMILES string of the molecule is COC(=O)c1ccc(/C=C(\COc2cccc3ccccc23)CN(CCN(C)C)C(=O)OC(C)(C)C)cc1. The van der Waals surface area contributed by atoms with E-state index in [0.717, 1.165) is 27.7 Å². The fourth-order valence-electron chi connectivity index (χ4n) is 3.82. The first-order chi connectivity index (χ1) is 18.1. The van der Waals surface area contributed by atoms with Crippen LogP contribution >= 0.6 is 0 Å². The number of esters is 1. The van der Waals surface area contributed by atoms with E-state index in [4.69, 9.17) is 14.2 Å². The number of hydrogen-bond donors (Lipinski definition) is 0. The van der Waals surface area contributed by atoms with E-state index in [0.29, 0.717) is 25.2 Å². The van der Waals surface area contributed by atoms with Crippen molar-refractivity contribution in [3.05, 3.63) is 83.4 Å². The number of methoxy groups -OCH3 is 1. The van der Waals surface area contributed by atoms with Crippen LogP contribution in [0.15, 0.2) is 72.3 Å². The van der Waals surface area contributed by atoms with Gasteiger partial charge in [0.25, 0.3) is 0 Å². The van der Waals surface area contributed by atoms with Crippen LogP contribution in [0, 0.1) is 0 Å². The highest BCUT2D eigenvalue weighted by Crippen LogP contribution is 2.26. The molecule has 0 atom stereocenters. The largest absolute Gasteiger partial charge is 0.489 e. The Labute approximate surface area is 225 Å². The second-order valence-corrected chi connectivity index (χ2v) is 10.4. The van der Waals surface area contributed by atoms with E-state index in [1.54, 1.807) is 17.0 Å². The van der Waals surface area contributed by atoms with Gasteiger partial charge in [0.05, 0.1) is 12.7 Å². The van der Waals surface area contributed by atoms with Crippen LogP contribution in [-0.4, -0.2) is 74.9 Å². The molecule has 0 fully saturated rings. The van der Waals surface area contributed by atoms with Crippen molar-refractivity contribution in [2.24, 2.45) is 0 Å². The van der Waals surface area contributed by atoms with Crippen LogP contribution in [0.3, 0.4) is 0 Å². The molecule has 0 N–H and O–H groups in total. The first kappa shape index (κ1) is 28.7. The summed E-state index contributed by atoms with van der Waals surface area (Å²) in [5.74, 6) is 0.381. The van der Waals surface area contributed by atoms with Gasteiger partial charge in [-0.3, -0.25) is 0 Å². The first-order valence-corrected chi connectivity index (χ1v) is 12.7. The van der Waals surface area contributed by atoms with Gasteiger partial charge >= 0.3 is 12.1 Å². The van der Waals surface area contributed by atoms with Gasteiger partial charge in [-0.2, -0.15) is 0 Å². The zero-order valence-electron chi connectivity index (χ0n) is 23.2. The topological polar surface area (TPSA) is 68.3 Å². The third-order valence-corrected chi connectivity index (χ3v) is 5.73. The maximum absolute atomic E-state index is 13.1. The monoisotopic (exact) mass is 518 g/mol. The second kappa shape index (κ2) is 13.1. The summed E-state index contributed by atoms with van der Waals surface area (Å²) in [6.45, 7) is 7.36. The molecule has 38 heavy (non-hydrogen) atoms. The van der Waals surface area contributed by atoms with Crippen molar-refractivity contribution < 1.29 is 23.8 Å². The second-order valence-electron chi connectivity index (χ2n) is 10.4. The summed E-state index contributed by atoms with van der Waals surface area (Å²) in [5, 5.41) is 2.11. The molecular weight excluding hydrogens is 480 g/mol. The third-order valence-electron chi connectivity index (χ3n) is 5.73. The smallest absolute Gasteiger partial charge is 0.410 e. The molecule has 3 aromatic rings. The average molecular weight is 519 g/mol. The van der Waals surface area contributed by atoms with E-state index in [9.17, 15) is 9.59 Å². The summed E-state index contributed by atoms with van der Waals surface area (Å²) in [6.07, 6.45) is 1.61. The molecule has 0 aliphatic heterocycles. The van der Waals surface area contributed by atoms with Gasteiger partial charge < -0.3 is 24.0 Å². The third kappa shape index (κ3) is 8.63. The molecule has 3 rings (SSSR count). The number of carbonyl (C=O) groups is 2. The molecule has 0 saturated heterocycles. The van der Waals surface area contributed by atoms with E-state index < -0.39 is 5.60 Å². The van der Waals surface area contributed by atoms with Crippen LogP contribution in [0.2, 0.25) is 0 Å². The molecule has 202 valence electrons. The molecule has 0 aliphatic rings. The van der Waals surface area contributed by atoms with Gasteiger partial charge in [0.15, 0.2) is 0 Å². The van der Waals surface area contributed by atoms with Crippen molar-refractivity contribution >= 4 is 28.9 Å². The molecule has 0 bridgehead atoms. The number of carbonyl (C=O) groups excluding carboxylic acids is 2. The van der Waals surface area contributed by atoms with Gasteiger partial charge in [-0.05, 0) is 69.6 Å². The molecule has 1 amide bonds. The summed E-state index contributed by atoms with van der Waals surface area (Å²) >= 11 is 0. The van der Waals surface area contributed by atoms with Gasteiger partial charge in [-0.1, -0.05) is 54.6 Å². The van der Waals surface area contributed by atoms with E-state index in [2.05, 4.69) is 0 Å². The fourth-order valence-corrected chi connectivity index (χ4v) is 3.82. The Morgan fingerprint density at radius 1 is 0.895 bits per heavy atom. The summed E-state index contributed by atoms with van der Waals surface area (Å²) in [4.78, 5) is 28.7. The van der Waals surface area contributed by atoms with Crippen molar-refractivity contribution in [1.82, 2.24) is 9.80 Å². The molecule has 0 spiro atoms. The Morgan fingerprint density at radius 2 is 1.58 bits per heavy atom. The Hall–Kier alpha value is -3.84. The molecule has 0 aliphatic carbocycles. The predicted octanol–water partition coefficient (Wildman–Crippen LogP) is 5.89. The highest BCUT2D eigenvalue weighted by molar-refractivity contribution is 5.89. The number of ether oxygens (including phenoxy) is 3. The minimum absolute atomic E-state index is 0.272. The minimum Gasteiger partial charge on any atom is -0.489 e. The number of benzene rings is 3. The first-order valence-electron chi connectivity index (χ1n) is 12.7. The maximum atomic E-state index is 13.1. The Balaban J connectivity index is 1.91. The predicted molar refractivity (Wildman–Crippen MR) is 152 cm³/mol. The van der Waals surface area contributed by atoms with Crippen molar-refractivity contribution in [2.75, 3.05) is 47.4 Å². The molecule has 0 saturated carbocycles. The average Bonchev–Trinajstić information content (AvgIpc) is 2.88. The van der Waals surface area contributed by atoms with Crippen molar-refractivity contribution in [3.8, 4) is 5.75 Å². The molecule has 0 aromatic heterocycles. The van der Waals surface area contributed by atoms with E-state index >= 15 is 0 Å². The van der Waals surface area contributed by atoms with Gasteiger partial charge in [-0.25, -0.2) is 9.59 Å². The minimum atomic E-state index is -0.611. The molecule has 3 aromatic carbocycles. The van der Waals surface area contributed by atoms with Crippen molar-refractivity contribution in [3.63, 3.8) is 0 Å². The number of amides is 1. The highest BCUT2D eigenvalue weighted by atomic mass is 16.6. The van der Waals surface area contributed by atoms with E-state index in [-0.39, 0.29) is 18.7 Å². The van der Waals surface area contributed by atoms with Gasteiger partial charge in [0, 0.05) is 25.0 Å². The lowest BCUT2D eigenvalue weighted by molar-refractivity contribution is 0.0255. The number of rotatable bonds is 10. The van der Waals surface area contributed by atoms with Crippen LogP contribution in [-0.2, 0) is 9.47 Å². The molecule has 7 nitrogen and oxygen atoms in total. The molecule has 0 heterocycles. The van der Waals surface area contributed by atoms with Crippen LogP contribution < -0.4 is 4.74 Å². The van der Waals surface area contributed by atoms with Crippen LogP contribution in [0.25, 0.3) is 16.8 Å². The number of fused-ring (bicyclic) bond motifs is 1. The molecule has 0 unspecified atom stereocenters. The zero-order valence-corrected chi connectivity index (χ0v) is 23.2. The van der Waals surface area contributed by atoms with Gasteiger partial charge in [0.2, 0.25) is 0 Å². The molecular formula is C31H38N2O5. The summed E-state index contributed by atoms with van der Waals surface area (Å²) in [7, 11) is 5.30. The number of nitrogens with zero attached hydrogens (tertiary/aromatic N) is 2. The van der Waals surface area contributed by atoms with Crippen LogP contribution in [0.5, 0.6) is 5.75 Å². The van der Waals surface area contributed by atoms with Crippen molar-refractivity contribution in [2.45, 2.75) is 26.4 Å². The van der Waals surface area contributed by atoms with Gasteiger partial charge in [-0.15, -0.1) is 0 Å². The van der Waals surface area contributed by atoms with E-state index in [1.165, 1.54) is 7.11 Å². The quantitative estimate of drug-likeness (QED) is 0.312. The maximum Gasteiger partial charge on any atom is 0.410 e.